The summed E-state index contributed by atoms with van der Waals surface area (Å²) in [6, 6.07) is 15.6. The number of aryl methyl sites for hydroxylation is 1. The summed E-state index contributed by atoms with van der Waals surface area (Å²) in [5.41, 5.74) is 5.35. The van der Waals surface area contributed by atoms with E-state index < -0.39 is 20.0 Å². The van der Waals surface area contributed by atoms with E-state index in [4.69, 9.17) is 9.84 Å². The van der Waals surface area contributed by atoms with Gasteiger partial charge in [-0.2, -0.15) is 5.10 Å². The molecule has 12 heteroatoms. The Hall–Kier alpha value is -4.23. The average molecular weight is 725 g/mol. The molecule has 2 amide bonds. The molecule has 4 heterocycles. The summed E-state index contributed by atoms with van der Waals surface area (Å²) in [7, 11) is -2.90. The largest absolute Gasteiger partial charge is 0.432 e. The van der Waals surface area contributed by atoms with Gasteiger partial charge in [-0.15, -0.1) is 5.10 Å². The summed E-state index contributed by atoms with van der Waals surface area (Å²) in [6.07, 6.45) is 9.35. The summed E-state index contributed by atoms with van der Waals surface area (Å²) in [5, 5.41) is 24.0. The summed E-state index contributed by atoms with van der Waals surface area (Å²) in [5.74, 6) is -0.631. The lowest BCUT2D eigenvalue weighted by atomic mass is 9.82. The van der Waals surface area contributed by atoms with Crippen LogP contribution in [-0.2, 0) is 32.9 Å². The molecule has 3 aliphatic heterocycles. The number of rotatable bonds is 13. The molecule has 0 radical (unpaired) electrons. The SMILES string of the molecule is CC(C)=CCC/C(C)=C/CN1C(=O)[C@@]2(O[C@@H](CCn3cc(CCO)nn3)[C@H]([Si](C)(C)O)[C@H]2C)c2cc(N3N=C(c4ccccc4)CCC3=O)ccc21. The van der Waals surface area contributed by atoms with Crippen molar-refractivity contribution in [3.8, 4) is 0 Å². The van der Waals surface area contributed by atoms with Crippen LogP contribution < -0.4 is 9.91 Å². The molecule has 11 nitrogen and oxygen atoms in total. The van der Waals surface area contributed by atoms with Gasteiger partial charge in [0.1, 0.15) is 0 Å². The van der Waals surface area contributed by atoms with E-state index in [1.807, 2.05) is 74.7 Å². The van der Waals surface area contributed by atoms with Crippen LogP contribution in [0.1, 0.15) is 76.6 Å². The number of carbonyl (C=O) groups is 2. The Morgan fingerprint density at radius 2 is 1.85 bits per heavy atom. The molecule has 0 saturated carbocycles. The van der Waals surface area contributed by atoms with Gasteiger partial charge in [-0.1, -0.05) is 65.8 Å². The lowest BCUT2D eigenvalue weighted by molar-refractivity contribution is -0.145. The van der Waals surface area contributed by atoms with Crippen LogP contribution >= 0.6 is 0 Å². The number of aromatic nitrogens is 3. The number of hydrazone groups is 1. The second-order valence-electron chi connectivity index (χ2n) is 15.2. The fourth-order valence-corrected chi connectivity index (χ4v) is 10.7. The predicted octanol–water partition coefficient (Wildman–Crippen LogP) is 6.27. The van der Waals surface area contributed by atoms with Gasteiger partial charge in [-0.25, -0.2) is 5.01 Å². The van der Waals surface area contributed by atoms with Gasteiger partial charge in [-0.05, 0) is 76.9 Å². The van der Waals surface area contributed by atoms with Crippen molar-refractivity contribution in [2.45, 2.75) is 103 Å². The lowest BCUT2D eigenvalue weighted by Crippen LogP contribution is -2.46. The zero-order valence-electron chi connectivity index (χ0n) is 31.2. The Morgan fingerprint density at radius 1 is 1.08 bits per heavy atom. The maximum atomic E-state index is 15.0. The van der Waals surface area contributed by atoms with Crippen molar-refractivity contribution in [1.82, 2.24) is 15.0 Å². The van der Waals surface area contributed by atoms with E-state index in [1.54, 1.807) is 9.58 Å². The number of carbonyl (C=O) groups excluding carboxylic acids is 2. The van der Waals surface area contributed by atoms with Gasteiger partial charge in [0.05, 0.1) is 28.9 Å². The number of hydrogen-bond donors (Lipinski definition) is 2. The molecule has 6 rings (SSSR count). The highest BCUT2D eigenvalue weighted by Gasteiger charge is 2.66. The highest BCUT2D eigenvalue weighted by Crippen LogP contribution is 2.60. The maximum absolute atomic E-state index is 15.0. The molecule has 0 bridgehead atoms. The van der Waals surface area contributed by atoms with Gasteiger partial charge < -0.3 is 19.5 Å². The molecule has 276 valence electrons. The highest BCUT2D eigenvalue weighted by molar-refractivity contribution is 6.71. The van der Waals surface area contributed by atoms with Gasteiger partial charge in [0.15, 0.2) is 13.9 Å². The third kappa shape index (κ3) is 7.48. The standard InChI is InChI=1S/C40H52N6O5Si/c1-27(2)11-10-12-28(3)19-23-45-35-17-15-32(46-37(48)18-16-34(42-46)30-13-8-7-9-14-30)25-33(35)40(39(45)49)29(4)38(52(5,6)50)36(51-40)20-22-44-26-31(21-24-47)41-43-44/h7-9,11,13-15,17,19,25-26,29,36,38,47,50H,10,12,16,18,20-24H2,1-6H3/b28-19+/t29-,36+,38-,40+/m1/s1. The first-order valence-electron chi connectivity index (χ1n) is 18.4. The molecular weight excluding hydrogens is 673 g/mol. The quantitative estimate of drug-likeness (QED) is 0.157. The first kappa shape index (κ1) is 37.5. The molecular formula is C40H52N6O5Si. The smallest absolute Gasteiger partial charge is 0.264 e. The van der Waals surface area contributed by atoms with Crippen molar-refractivity contribution in [2.24, 2.45) is 11.0 Å². The molecule has 1 saturated heterocycles. The number of nitrogens with zero attached hydrogens (tertiary/aromatic N) is 6. The van der Waals surface area contributed by atoms with Crippen LogP contribution in [0.15, 0.2) is 83.1 Å². The van der Waals surface area contributed by atoms with Crippen molar-refractivity contribution in [1.29, 1.82) is 0 Å². The van der Waals surface area contributed by atoms with Gasteiger partial charge in [0, 0.05) is 62.2 Å². The number of amides is 2. The number of benzene rings is 2. The third-order valence-electron chi connectivity index (χ3n) is 10.7. The van der Waals surface area contributed by atoms with Gasteiger partial charge in [-0.3, -0.25) is 14.3 Å². The third-order valence-corrected chi connectivity index (χ3v) is 13.2. The zero-order valence-corrected chi connectivity index (χ0v) is 32.2. The number of allylic oxidation sites excluding steroid dienone is 3. The van der Waals surface area contributed by atoms with E-state index in [1.165, 1.54) is 16.2 Å². The van der Waals surface area contributed by atoms with E-state index in [0.717, 1.165) is 29.8 Å². The Bertz CT molecular complexity index is 1880. The van der Waals surface area contributed by atoms with Crippen molar-refractivity contribution in [3.63, 3.8) is 0 Å². The molecule has 1 spiro atoms. The Kier molecular flexibility index (Phi) is 11.1. The number of fused-ring (bicyclic) bond motifs is 2. The van der Waals surface area contributed by atoms with Crippen LogP contribution in [0.5, 0.6) is 0 Å². The average Bonchev–Trinajstić information content (AvgIpc) is 3.76. The fraction of sp³-hybridized carbons (Fsp3) is 0.475. The van der Waals surface area contributed by atoms with Crippen molar-refractivity contribution < 1.29 is 24.2 Å². The van der Waals surface area contributed by atoms with Crippen LogP contribution in [0, 0.1) is 5.92 Å². The molecule has 2 N–H and O–H groups in total. The molecule has 52 heavy (non-hydrogen) atoms. The van der Waals surface area contributed by atoms with Gasteiger partial charge in [0.2, 0.25) is 5.91 Å². The van der Waals surface area contributed by atoms with Crippen LogP contribution in [0.2, 0.25) is 18.6 Å². The second-order valence-corrected chi connectivity index (χ2v) is 19.2. The van der Waals surface area contributed by atoms with E-state index in [0.29, 0.717) is 55.7 Å². The van der Waals surface area contributed by atoms with E-state index in [9.17, 15) is 14.7 Å². The van der Waals surface area contributed by atoms with Crippen LogP contribution in [-0.4, -0.2) is 70.0 Å². The van der Waals surface area contributed by atoms with Crippen LogP contribution in [0.25, 0.3) is 0 Å². The topological polar surface area (TPSA) is 133 Å². The van der Waals surface area contributed by atoms with Gasteiger partial charge in [0.25, 0.3) is 5.91 Å². The second kappa shape index (κ2) is 15.4. The number of aliphatic hydroxyl groups is 1. The lowest BCUT2D eigenvalue weighted by Gasteiger charge is -2.32. The Balaban J connectivity index is 1.40. The number of ether oxygens (including phenoxy) is 1. The zero-order chi connectivity index (χ0) is 37.2. The van der Waals surface area contributed by atoms with Crippen molar-refractivity contribution in [3.05, 3.63) is 94.8 Å². The molecule has 2 aromatic carbocycles. The normalized spacial score (nSPS) is 23.4. The van der Waals surface area contributed by atoms with E-state index >= 15 is 4.79 Å². The summed E-state index contributed by atoms with van der Waals surface area (Å²) >= 11 is 0. The molecule has 0 aliphatic carbocycles. The minimum atomic E-state index is -2.90. The summed E-state index contributed by atoms with van der Waals surface area (Å²) in [6.45, 7) is 13.0. The first-order chi connectivity index (χ1) is 24.8. The van der Waals surface area contributed by atoms with Crippen molar-refractivity contribution >= 4 is 37.2 Å². The Labute approximate surface area is 307 Å². The van der Waals surface area contributed by atoms with Gasteiger partial charge >= 0.3 is 0 Å². The monoisotopic (exact) mass is 724 g/mol. The summed E-state index contributed by atoms with van der Waals surface area (Å²) < 4.78 is 8.81. The molecule has 4 atom stereocenters. The maximum Gasteiger partial charge on any atom is 0.264 e. The van der Waals surface area contributed by atoms with E-state index in [-0.39, 0.29) is 29.9 Å². The molecule has 3 aromatic rings. The minimum absolute atomic E-state index is 0.0110. The molecule has 1 aromatic heterocycles. The Morgan fingerprint density at radius 3 is 2.56 bits per heavy atom. The van der Waals surface area contributed by atoms with Crippen LogP contribution in [0.3, 0.4) is 0 Å². The fourth-order valence-electron chi connectivity index (χ4n) is 8.11. The number of hydrogen-bond acceptors (Lipinski definition) is 8. The first-order valence-corrected chi connectivity index (χ1v) is 21.5. The summed E-state index contributed by atoms with van der Waals surface area (Å²) in [4.78, 5) is 42.0. The number of anilines is 2. The minimum Gasteiger partial charge on any atom is -0.432 e. The number of aliphatic hydroxyl groups excluding tert-OH is 1. The van der Waals surface area contributed by atoms with E-state index in [2.05, 4.69) is 43.2 Å². The molecule has 3 aliphatic rings. The van der Waals surface area contributed by atoms with Crippen LogP contribution in [0.4, 0.5) is 11.4 Å². The van der Waals surface area contributed by atoms with Crippen molar-refractivity contribution in [2.75, 3.05) is 23.1 Å². The highest BCUT2D eigenvalue weighted by atomic mass is 28.4. The molecule has 1 fully saturated rings. The predicted molar refractivity (Wildman–Crippen MR) is 206 cm³/mol. The molecule has 0 unspecified atom stereocenters.